The summed E-state index contributed by atoms with van der Waals surface area (Å²) in [5.74, 6) is 0. The maximum Gasteiger partial charge on any atom is 0.114 e. The van der Waals surface area contributed by atoms with Gasteiger partial charge in [-0.2, -0.15) is 0 Å². The van der Waals surface area contributed by atoms with E-state index in [1.807, 2.05) is 0 Å². The van der Waals surface area contributed by atoms with Gasteiger partial charge in [0.1, 0.15) is 24.4 Å². The third-order valence-electron chi connectivity index (χ3n) is 6.22. The molecule has 1 saturated heterocycles. The standard InChI is InChI=1S/C26H50O5/c1-2-3-4-5-6-7-8-9-10-11-12-13-14-15-16-17-18-19-20-30-26-24(21-27)31-22-23(28)25(26)29/h5-6,23-29H,2-4,7-22H2,1H3/b6-5+/t23-,24+,25+,26+/m0/s1. The van der Waals surface area contributed by atoms with Crippen LogP contribution in [0.1, 0.15) is 110 Å². The topological polar surface area (TPSA) is 79.2 Å². The summed E-state index contributed by atoms with van der Waals surface area (Å²) < 4.78 is 11.0. The molecule has 1 aliphatic rings. The summed E-state index contributed by atoms with van der Waals surface area (Å²) >= 11 is 0. The zero-order valence-electron chi connectivity index (χ0n) is 20.1. The predicted molar refractivity (Wildman–Crippen MR) is 127 cm³/mol. The smallest absolute Gasteiger partial charge is 0.114 e. The highest BCUT2D eigenvalue weighted by Gasteiger charge is 2.39. The van der Waals surface area contributed by atoms with Gasteiger partial charge in [0.15, 0.2) is 0 Å². The highest BCUT2D eigenvalue weighted by Crippen LogP contribution is 2.19. The Kier molecular flexibility index (Phi) is 18.6. The lowest BCUT2D eigenvalue weighted by atomic mass is 10.0. The Morgan fingerprint density at radius 2 is 1.29 bits per heavy atom. The average molecular weight is 443 g/mol. The number of ether oxygens (including phenoxy) is 2. The van der Waals surface area contributed by atoms with Gasteiger partial charge < -0.3 is 24.8 Å². The van der Waals surface area contributed by atoms with Crippen molar-refractivity contribution < 1.29 is 24.8 Å². The van der Waals surface area contributed by atoms with Crippen LogP contribution in [0.3, 0.4) is 0 Å². The van der Waals surface area contributed by atoms with Gasteiger partial charge in [0, 0.05) is 6.61 Å². The molecule has 0 radical (unpaired) electrons. The number of hydrogen-bond donors (Lipinski definition) is 3. The molecule has 5 heteroatoms. The minimum atomic E-state index is -0.988. The van der Waals surface area contributed by atoms with Crippen molar-refractivity contribution in [2.75, 3.05) is 19.8 Å². The van der Waals surface area contributed by atoms with Crippen molar-refractivity contribution in [3.8, 4) is 0 Å². The van der Waals surface area contributed by atoms with Crippen LogP contribution in [0.15, 0.2) is 12.2 Å². The first-order valence-electron chi connectivity index (χ1n) is 13.1. The van der Waals surface area contributed by atoms with Crippen molar-refractivity contribution in [1.82, 2.24) is 0 Å². The molecule has 4 atom stereocenters. The summed E-state index contributed by atoms with van der Waals surface area (Å²) in [6.45, 7) is 2.62. The van der Waals surface area contributed by atoms with Gasteiger partial charge >= 0.3 is 0 Å². The third-order valence-corrected chi connectivity index (χ3v) is 6.22. The maximum absolute atomic E-state index is 10.0. The Morgan fingerprint density at radius 3 is 1.84 bits per heavy atom. The Hall–Kier alpha value is -0.460. The van der Waals surface area contributed by atoms with Gasteiger partial charge in [-0.3, -0.25) is 0 Å². The second-order valence-corrected chi connectivity index (χ2v) is 9.09. The zero-order chi connectivity index (χ0) is 22.6. The molecular formula is C26H50O5. The van der Waals surface area contributed by atoms with Crippen molar-refractivity contribution in [3.63, 3.8) is 0 Å². The Balaban J connectivity index is 1.82. The van der Waals surface area contributed by atoms with E-state index in [0.29, 0.717) is 6.61 Å². The number of unbranched alkanes of at least 4 members (excludes halogenated alkanes) is 14. The van der Waals surface area contributed by atoms with Crippen molar-refractivity contribution >= 4 is 0 Å². The second-order valence-electron chi connectivity index (χ2n) is 9.09. The molecule has 0 bridgehead atoms. The monoisotopic (exact) mass is 442 g/mol. The molecule has 1 fully saturated rings. The predicted octanol–water partition coefficient (Wildman–Crippen LogP) is 5.30. The minimum Gasteiger partial charge on any atom is -0.394 e. The van der Waals surface area contributed by atoms with Crippen LogP contribution in [0.4, 0.5) is 0 Å². The number of rotatable bonds is 20. The molecule has 1 aliphatic heterocycles. The lowest BCUT2D eigenvalue weighted by Gasteiger charge is -2.37. The number of aliphatic hydroxyl groups is 3. The summed E-state index contributed by atoms with van der Waals surface area (Å²) in [5, 5.41) is 29.0. The fraction of sp³-hybridized carbons (Fsp3) is 0.923. The molecule has 184 valence electrons. The van der Waals surface area contributed by atoms with Gasteiger partial charge in [-0.15, -0.1) is 0 Å². The quantitative estimate of drug-likeness (QED) is 0.176. The highest BCUT2D eigenvalue weighted by atomic mass is 16.6. The SMILES string of the molecule is CCCC/C=C/CCCCCCCCCCCCCCO[C@H]1[C@H](O)[C@@H](O)CO[C@@H]1CO. The van der Waals surface area contributed by atoms with Crippen LogP contribution in [0.25, 0.3) is 0 Å². The molecule has 0 aromatic rings. The number of aliphatic hydroxyl groups excluding tert-OH is 3. The largest absolute Gasteiger partial charge is 0.394 e. The molecule has 0 aliphatic carbocycles. The van der Waals surface area contributed by atoms with Crippen molar-refractivity contribution in [1.29, 1.82) is 0 Å². The molecular weight excluding hydrogens is 392 g/mol. The summed E-state index contributed by atoms with van der Waals surface area (Å²) in [6.07, 6.45) is 22.2. The first-order valence-corrected chi connectivity index (χ1v) is 13.1. The molecule has 0 saturated carbocycles. The number of hydrogen-bond acceptors (Lipinski definition) is 5. The van der Waals surface area contributed by atoms with Crippen LogP contribution in [-0.4, -0.2) is 59.6 Å². The Labute approximate surface area is 191 Å². The first kappa shape index (κ1) is 28.6. The fourth-order valence-corrected chi connectivity index (χ4v) is 4.13. The molecule has 31 heavy (non-hydrogen) atoms. The summed E-state index contributed by atoms with van der Waals surface area (Å²) in [4.78, 5) is 0. The Bertz CT molecular complexity index is 413. The second kappa shape index (κ2) is 20.2. The van der Waals surface area contributed by atoms with Gasteiger partial charge in [-0.25, -0.2) is 0 Å². The molecule has 0 spiro atoms. The van der Waals surface area contributed by atoms with Crippen LogP contribution in [0.5, 0.6) is 0 Å². The lowest BCUT2D eigenvalue weighted by molar-refractivity contribution is -0.211. The zero-order valence-corrected chi connectivity index (χ0v) is 20.1. The van der Waals surface area contributed by atoms with Gasteiger partial charge in [-0.1, -0.05) is 96.1 Å². The molecule has 1 heterocycles. The van der Waals surface area contributed by atoms with E-state index in [2.05, 4.69) is 19.1 Å². The fourth-order valence-electron chi connectivity index (χ4n) is 4.13. The van der Waals surface area contributed by atoms with Gasteiger partial charge in [-0.05, 0) is 25.7 Å². The van der Waals surface area contributed by atoms with Crippen molar-refractivity contribution in [2.45, 2.75) is 134 Å². The average Bonchev–Trinajstić information content (AvgIpc) is 2.78. The molecule has 1 rings (SSSR count). The van der Waals surface area contributed by atoms with Crippen LogP contribution < -0.4 is 0 Å². The van der Waals surface area contributed by atoms with E-state index in [1.165, 1.54) is 89.9 Å². The van der Waals surface area contributed by atoms with E-state index in [-0.39, 0.29) is 13.2 Å². The van der Waals surface area contributed by atoms with Crippen LogP contribution in [0, 0.1) is 0 Å². The van der Waals surface area contributed by atoms with Gasteiger partial charge in [0.2, 0.25) is 0 Å². The summed E-state index contributed by atoms with van der Waals surface area (Å²) in [7, 11) is 0. The van der Waals surface area contributed by atoms with Crippen LogP contribution in [0.2, 0.25) is 0 Å². The van der Waals surface area contributed by atoms with Crippen LogP contribution in [-0.2, 0) is 9.47 Å². The van der Waals surface area contributed by atoms with Crippen LogP contribution >= 0.6 is 0 Å². The third kappa shape index (κ3) is 14.3. The van der Waals surface area contributed by atoms with E-state index < -0.39 is 24.4 Å². The molecule has 0 unspecified atom stereocenters. The molecule has 3 N–H and O–H groups in total. The van der Waals surface area contributed by atoms with Gasteiger partial charge in [0.25, 0.3) is 0 Å². The molecule has 0 amide bonds. The summed E-state index contributed by atoms with van der Waals surface area (Å²) in [5.41, 5.74) is 0. The van der Waals surface area contributed by atoms with E-state index in [0.717, 1.165) is 12.8 Å². The minimum absolute atomic E-state index is 0.0447. The normalized spacial score (nSPS) is 24.3. The molecule has 0 aromatic heterocycles. The van der Waals surface area contributed by atoms with E-state index in [1.54, 1.807) is 0 Å². The van der Waals surface area contributed by atoms with E-state index in [9.17, 15) is 15.3 Å². The lowest BCUT2D eigenvalue weighted by Crippen LogP contribution is -2.55. The Morgan fingerprint density at radius 1 is 0.774 bits per heavy atom. The van der Waals surface area contributed by atoms with Gasteiger partial charge in [0.05, 0.1) is 13.2 Å². The summed E-state index contributed by atoms with van der Waals surface area (Å²) in [6, 6.07) is 0. The van der Waals surface area contributed by atoms with Crippen molar-refractivity contribution in [3.05, 3.63) is 12.2 Å². The molecule has 5 nitrogen and oxygen atoms in total. The number of allylic oxidation sites excluding steroid dienone is 2. The van der Waals surface area contributed by atoms with Crippen molar-refractivity contribution in [2.24, 2.45) is 0 Å². The van der Waals surface area contributed by atoms with E-state index in [4.69, 9.17) is 9.47 Å². The van der Waals surface area contributed by atoms with E-state index >= 15 is 0 Å². The first-order chi connectivity index (χ1) is 15.2. The maximum atomic E-state index is 10.0. The molecule has 0 aromatic carbocycles. The highest BCUT2D eigenvalue weighted by molar-refractivity contribution is 4.87.